The first-order valence-corrected chi connectivity index (χ1v) is 7.66. The molecule has 0 aliphatic carbocycles. The fourth-order valence-corrected chi connectivity index (χ4v) is 2.73. The molecule has 1 fully saturated rings. The van der Waals surface area contributed by atoms with Crippen LogP contribution in [0.25, 0.3) is 0 Å². The van der Waals surface area contributed by atoms with Crippen LogP contribution in [0, 0.1) is 5.82 Å². The van der Waals surface area contributed by atoms with Gasteiger partial charge >= 0.3 is 0 Å². The average Bonchev–Trinajstić information content (AvgIpc) is 2.97. The van der Waals surface area contributed by atoms with Gasteiger partial charge in [-0.25, -0.2) is 4.39 Å². The molecule has 1 saturated heterocycles. The first-order valence-electron chi connectivity index (χ1n) is 7.66. The third kappa shape index (κ3) is 3.34. The third-order valence-corrected chi connectivity index (χ3v) is 3.91. The largest absolute Gasteiger partial charge is 0.339 e. The van der Waals surface area contributed by atoms with Gasteiger partial charge in [-0.2, -0.15) is 4.98 Å². The topological polar surface area (TPSA) is 54.2 Å². The highest BCUT2D eigenvalue weighted by atomic mass is 19.1. The molecule has 5 nitrogen and oxygen atoms in total. The highest BCUT2D eigenvalue weighted by molar-refractivity contribution is 5.21. The van der Waals surface area contributed by atoms with Gasteiger partial charge in [0.2, 0.25) is 5.89 Å². The summed E-state index contributed by atoms with van der Waals surface area (Å²) in [6.07, 6.45) is 0. The van der Waals surface area contributed by atoms with Crippen molar-refractivity contribution in [1.29, 1.82) is 0 Å². The summed E-state index contributed by atoms with van der Waals surface area (Å²) < 4.78 is 18.8. The second kappa shape index (κ2) is 6.54. The minimum atomic E-state index is -0.204. The molecule has 0 radical (unpaired) electrons. The van der Waals surface area contributed by atoms with Crippen LogP contribution in [0.5, 0.6) is 0 Å². The second-order valence-corrected chi connectivity index (χ2v) is 5.95. The number of hydrogen-bond donors (Lipinski definition) is 1. The maximum atomic E-state index is 13.5. The van der Waals surface area contributed by atoms with E-state index < -0.39 is 0 Å². The van der Waals surface area contributed by atoms with Crippen molar-refractivity contribution >= 4 is 0 Å². The SMILES string of the molecule is CC(C)c1nc(CN2CCNCC2c2cccc(F)c2)no1. The first-order chi connectivity index (χ1) is 10.6. The molecule has 3 rings (SSSR count). The number of nitrogens with one attached hydrogen (secondary N) is 1. The van der Waals surface area contributed by atoms with Gasteiger partial charge in [0.1, 0.15) is 5.82 Å². The molecule has 1 aliphatic rings. The summed E-state index contributed by atoms with van der Waals surface area (Å²) in [6, 6.07) is 6.90. The predicted molar refractivity (Wildman–Crippen MR) is 80.8 cm³/mol. The Morgan fingerprint density at radius 3 is 3.05 bits per heavy atom. The number of nitrogens with zero attached hydrogens (tertiary/aromatic N) is 3. The minimum Gasteiger partial charge on any atom is -0.339 e. The van der Waals surface area contributed by atoms with E-state index in [0.29, 0.717) is 18.3 Å². The van der Waals surface area contributed by atoms with Crippen LogP contribution >= 0.6 is 0 Å². The number of piperazine rings is 1. The zero-order chi connectivity index (χ0) is 15.5. The summed E-state index contributed by atoms with van der Waals surface area (Å²) in [6.45, 7) is 7.22. The summed E-state index contributed by atoms with van der Waals surface area (Å²) >= 11 is 0. The molecule has 0 spiro atoms. The van der Waals surface area contributed by atoms with E-state index in [-0.39, 0.29) is 17.8 Å². The smallest absolute Gasteiger partial charge is 0.229 e. The maximum absolute atomic E-state index is 13.5. The van der Waals surface area contributed by atoms with Gasteiger partial charge in [0.25, 0.3) is 0 Å². The molecule has 0 amide bonds. The van der Waals surface area contributed by atoms with Crippen molar-refractivity contribution in [2.75, 3.05) is 19.6 Å². The molecule has 118 valence electrons. The molecular formula is C16H21FN4O. The van der Waals surface area contributed by atoms with Gasteiger partial charge in [-0.1, -0.05) is 31.1 Å². The Bertz CT molecular complexity index is 628. The summed E-state index contributed by atoms with van der Waals surface area (Å²) in [5, 5.41) is 7.42. The molecule has 1 atom stereocenters. The quantitative estimate of drug-likeness (QED) is 0.940. The van der Waals surface area contributed by atoms with Crippen molar-refractivity contribution in [2.45, 2.75) is 32.4 Å². The van der Waals surface area contributed by atoms with Crippen LogP contribution in [0.15, 0.2) is 28.8 Å². The van der Waals surface area contributed by atoms with E-state index in [1.54, 1.807) is 12.1 Å². The van der Waals surface area contributed by atoms with Crippen molar-refractivity contribution in [1.82, 2.24) is 20.4 Å². The Labute approximate surface area is 129 Å². The lowest BCUT2D eigenvalue weighted by Gasteiger charge is -2.35. The Hall–Kier alpha value is -1.79. The van der Waals surface area contributed by atoms with Gasteiger partial charge in [-0.15, -0.1) is 0 Å². The van der Waals surface area contributed by atoms with Crippen LogP contribution in [0.4, 0.5) is 4.39 Å². The van der Waals surface area contributed by atoms with E-state index in [0.717, 1.165) is 25.2 Å². The number of hydrogen-bond acceptors (Lipinski definition) is 5. The lowest BCUT2D eigenvalue weighted by molar-refractivity contribution is 0.148. The minimum absolute atomic E-state index is 0.116. The number of benzene rings is 1. The van der Waals surface area contributed by atoms with E-state index in [1.165, 1.54) is 6.07 Å². The van der Waals surface area contributed by atoms with Gasteiger partial charge in [-0.05, 0) is 17.7 Å². The molecule has 2 aromatic rings. The fourth-order valence-electron chi connectivity index (χ4n) is 2.73. The second-order valence-electron chi connectivity index (χ2n) is 5.95. The highest BCUT2D eigenvalue weighted by Crippen LogP contribution is 2.24. The molecule has 1 aromatic heterocycles. The average molecular weight is 304 g/mol. The van der Waals surface area contributed by atoms with Crippen LogP contribution in [0.2, 0.25) is 0 Å². The van der Waals surface area contributed by atoms with Crippen molar-refractivity contribution in [3.8, 4) is 0 Å². The Balaban J connectivity index is 1.77. The van der Waals surface area contributed by atoms with Crippen LogP contribution in [0.1, 0.15) is 43.1 Å². The predicted octanol–water partition coefficient (Wildman–Crippen LogP) is 2.48. The van der Waals surface area contributed by atoms with Crippen LogP contribution in [-0.4, -0.2) is 34.7 Å². The molecule has 2 heterocycles. The number of halogens is 1. The van der Waals surface area contributed by atoms with Crippen molar-refractivity contribution < 1.29 is 8.91 Å². The number of rotatable bonds is 4. The maximum Gasteiger partial charge on any atom is 0.229 e. The molecule has 0 bridgehead atoms. The van der Waals surface area contributed by atoms with Gasteiger partial charge in [0.05, 0.1) is 6.54 Å². The van der Waals surface area contributed by atoms with E-state index in [4.69, 9.17) is 4.52 Å². The molecule has 6 heteroatoms. The molecule has 0 saturated carbocycles. The molecule has 1 aliphatic heterocycles. The van der Waals surface area contributed by atoms with Crippen LogP contribution in [-0.2, 0) is 6.54 Å². The Morgan fingerprint density at radius 2 is 2.32 bits per heavy atom. The summed E-state index contributed by atoms with van der Waals surface area (Å²) in [5.74, 6) is 1.37. The highest BCUT2D eigenvalue weighted by Gasteiger charge is 2.25. The molecule has 1 N–H and O–H groups in total. The van der Waals surface area contributed by atoms with E-state index in [2.05, 4.69) is 20.4 Å². The molecule has 1 aromatic carbocycles. The first kappa shape index (κ1) is 15.1. The zero-order valence-electron chi connectivity index (χ0n) is 12.9. The van der Waals surface area contributed by atoms with Crippen molar-refractivity contribution in [3.63, 3.8) is 0 Å². The Morgan fingerprint density at radius 1 is 1.45 bits per heavy atom. The van der Waals surface area contributed by atoms with Gasteiger partial charge in [0.15, 0.2) is 5.82 Å². The summed E-state index contributed by atoms with van der Waals surface area (Å²) in [7, 11) is 0. The zero-order valence-corrected chi connectivity index (χ0v) is 12.9. The van der Waals surface area contributed by atoms with E-state index in [9.17, 15) is 4.39 Å². The standard InChI is InChI=1S/C16H21FN4O/c1-11(2)16-19-15(20-22-16)10-21-7-6-18-9-14(21)12-4-3-5-13(17)8-12/h3-5,8,11,14,18H,6-7,9-10H2,1-2H3. The molecular weight excluding hydrogens is 283 g/mol. The van der Waals surface area contributed by atoms with Gasteiger partial charge in [0, 0.05) is 31.6 Å². The van der Waals surface area contributed by atoms with Crippen LogP contribution < -0.4 is 5.32 Å². The fraction of sp³-hybridized carbons (Fsp3) is 0.500. The third-order valence-electron chi connectivity index (χ3n) is 3.91. The summed E-state index contributed by atoms with van der Waals surface area (Å²) in [4.78, 5) is 6.70. The number of aromatic nitrogens is 2. The van der Waals surface area contributed by atoms with Gasteiger partial charge in [-0.3, -0.25) is 4.90 Å². The van der Waals surface area contributed by atoms with Crippen molar-refractivity contribution in [3.05, 3.63) is 47.4 Å². The normalized spacial score (nSPS) is 19.7. The van der Waals surface area contributed by atoms with E-state index >= 15 is 0 Å². The summed E-state index contributed by atoms with van der Waals surface area (Å²) in [5.41, 5.74) is 0.972. The molecule has 22 heavy (non-hydrogen) atoms. The Kier molecular flexibility index (Phi) is 4.49. The molecule has 1 unspecified atom stereocenters. The van der Waals surface area contributed by atoms with E-state index in [1.807, 2.05) is 19.9 Å². The van der Waals surface area contributed by atoms with Crippen molar-refractivity contribution in [2.24, 2.45) is 0 Å². The van der Waals surface area contributed by atoms with Gasteiger partial charge < -0.3 is 9.84 Å². The lowest BCUT2D eigenvalue weighted by atomic mass is 10.0. The monoisotopic (exact) mass is 304 g/mol. The van der Waals surface area contributed by atoms with Crippen LogP contribution in [0.3, 0.4) is 0 Å². The lowest BCUT2D eigenvalue weighted by Crippen LogP contribution is -2.45.